The second kappa shape index (κ2) is 5.27. The summed E-state index contributed by atoms with van der Waals surface area (Å²) in [4.78, 5) is 2.25. The summed E-state index contributed by atoms with van der Waals surface area (Å²) in [7, 11) is 0. The summed E-state index contributed by atoms with van der Waals surface area (Å²) < 4.78 is 44.9. The number of nitrogens with zero attached hydrogens (tertiary/aromatic N) is 5. The Morgan fingerprint density at radius 1 is 1.22 bits per heavy atom. The normalized spacial score (nSPS) is 24.5. The predicted molar refractivity (Wildman–Crippen MR) is 72.7 cm³/mol. The Morgan fingerprint density at radius 2 is 2.00 bits per heavy atom. The molecule has 0 N–H and O–H groups in total. The number of rotatable bonds is 3. The summed E-state index contributed by atoms with van der Waals surface area (Å²) in [6.45, 7) is 2.11. The molecule has 0 aliphatic carbocycles. The minimum absolute atomic E-state index is 0.274. The number of ether oxygens (including phenoxy) is 1. The molecule has 2 aliphatic rings. The number of hydrogen-bond acceptors (Lipinski definition) is 5. The van der Waals surface area contributed by atoms with Gasteiger partial charge in [-0.15, -0.1) is 5.10 Å². The fourth-order valence-corrected chi connectivity index (χ4v) is 3.15. The van der Waals surface area contributed by atoms with Gasteiger partial charge < -0.3 is 4.74 Å². The van der Waals surface area contributed by atoms with E-state index in [2.05, 4.69) is 20.4 Å². The summed E-state index contributed by atoms with van der Waals surface area (Å²) in [5.74, 6) is 0.609. The van der Waals surface area contributed by atoms with Crippen LogP contribution in [0.25, 0.3) is 5.69 Å². The highest BCUT2D eigenvalue weighted by atomic mass is 19.4. The molecule has 9 heteroatoms. The number of alkyl halides is 3. The van der Waals surface area contributed by atoms with Gasteiger partial charge in [-0.05, 0) is 41.1 Å². The maximum atomic E-state index is 12.6. The lowest BCUT2D eigenvalue weighted by atomic mass is 10.2. The SMILES string of the molecule is FC(F)(F)c1ccc(-n2nnnc2CN2C[C@@H]3C[C@H]2CO3)cc1. The molecule has 2 aromatic rings. The van der Waals surface area contributed by atoms with Crippen LogP contribution in [0.3, 0.4) is 0 Å². The van der Waals surface area contributed by atoms with Crippen molar-refractivity contribution in [2.45, 2.75) is 31.3 Å². The molecule has 3 heterocycles. The Morgan fingerprint density at radius 3 is 2.61 bits per heavy atom. The van der Waals surface area contributed by atoms with E-state index in [4.69, 9.17) is 4.74 Å². The summed E-state index contributed by atoms with van der Waals surface area (Å²) in [6, 6.07) is 5.20. The van der Waals surface area contributed by atoms with Crippen LogP contribution in [-0.2, 0) is 17.5 Å². The van der Waals surface area contributed by atoms with E-state index in [1.54, 1.807) is 0 Å². The summed E-state index contributed by atoms with van der Waals surface area (Å²) in [5, 5.41) is 11.6. The third kappa shape index (κ3) is 2.70. The molecular formula is C14H14F3N5O. The number of morpholine rings is 1. The van der Waals surface area contributed by atoms with Gasteiger partial charge >= 0.3 is 6.18 Å². The smallest absolute Gasteiger partial charge is 0.375 e. The number of hydrogen-bond donors (Lipinski definition) is 0. The molecule has 4 rings (SSSR count). The average Bonchev–Trinajstić information content (AvgIpc) is 3.23. The number of aromatic nitrogens is 4. The summed E-state index contributed by atoms with van der Waals surface area (Å²) in [5.41, 5.74) is -0.177. The van der Waals surface area contributed by atoms with Crippen LogP contribution in [0.5, 0.6) is 0 Å². The minimum Gasteiger partial charge on any atom is -0.375 e. The zero-order valence-corrected chi connectivity index (χ0v) is 12.1. The quantitative estimate of drug-likeness (QED) is 0.859. The van der Waals surface area contributed by atoms with Crippen LogP contribution in [0.4, 0.5) is 13.2 Å². The van der Waals surface area contributed by atoms with Crippen LogP contribution < -0.4 is 0 Å². The summed E-state index contributed by atoms with van der Waals surface area (Å²) in [6.07, 6.45) is -3.06. The molecule has 0 spiro atoms. The van der Waals surface area contributed by atoms with Gasteiger partial charge in [-0.2, -0.15) is 17.9 Å². The Kier molecular flexibility index (Phi) is 3.34. The first-order valence-electron chi connectivity index (χ1n) is 7.31. The third-order valence-electron chi connectivity index (χ3n) is 4.33. The molecule has 0 unspecified atom stereocenters. The predicted octanol–water partition coefficient (Wildman–Crippen LogP) is 1.65. The van der Waals surface area contributed by atoms with Crippen LogP contribution in [0.1, 0.15) is 17.8 Å². The van der Waals surface area contributed by atoms with Crippen molar-refractivity contribution in [3.8, 4) is 5.69 Å². The van der Waals surface area contributed by atoms with E-state index in [0.717, 1.165) is 25.1 Å². The van der Waals surface area contributed by atoms with Gasteiger partial charge in [-0.1, -0.05) is 0 Å². The van der Waals surface area contributed by atoms with E-state index in [1.165, 1.54) is 16.8 Å². The number of halogens is 3. The van der Waals surface area contributed by atoms with E-state index in [1.807, 2.05) is 0 Å². The summed E-state index contributed by atoms with van der Waals surface area (Å²) >= 11 is 0. The van der Waals surface area contributed by atoms with E-state index in [9.17, 15) is 13.2 Å². The van der Waals surface area contributed by atoms with E-state index >= 15 is 0 Å². The monoisotopic (exact) mass is 325 g/mol. The van der Waals surface area contributed by atoms with E-state index in [-0.39, 0.29) is 6.10 Å². The lowest BCUT2D eigenvalue weighted by molar-refractivity contribution is -0.137. The lowest BCUT2D eigenvalue weighted by Gasteiger charge is -2.25. The third-order valence-corrected chi connectivity index (χ3v) is 4.33. The van der Waals surface area contributed by atoms with Crippen molar-refractivity contribution in [3.63, 3.8) is 0 Å². The minimum atomic E-state index is -4.35. The van der Waals surface area contributed by atoms with Gasteiger partial charge in [0.1, 0.15) is 0 Å². The second-order valence-electron chi connectivity index (χ2n) is 5.83. The van der Waals surface area contributed by atoms with Gasteiger partial charge in [-0.3, -0.25) is 4.90 Å². The molecule has 0 saturated carbocycles. The number of fused-ring (bicyclic) bond motifs is 2. The first-order valence-corrected chi connectivity index (χ1v) is 7.31. The van der Waals surface area contributed by atoms with Crippen LogP contribution >= 0.6 is 0 Å². The molecule has 2 bridgehead atoms. The van der Waals surface area contributed by atoms with Crippen LogP contribution in [0.15, 0.2) is 24.3 Å². The largest absolute Gasteiger partial charge is 0.416 e. The first-order chi connectivity index (χ1) is 11.0. The Labute approximate surface area is 129 Å². The van der Waals surface area contributed by atoms with Crippen LogP contribution in [0, 0.1) is 0 Å². The van der Waals surface area contributed by atoms with Crippen molar-refractivity contribution in [2.75, 3.05) is 13.2 Å². The molecule has 1 aromatic carbocycles. The maximum absolute atomic E-state index is 12.6. The molecule has 122 valence electrons. The molecule has 0 amide bonds. The van der Waals surface area contributed by atoms with Crippen LogP contribution in [-0.4, -0.2) is 50.4 Å². The van der Waals surface area contributed by atoms with Gasteiger partial charge in [0.05, 0.1) is 30.5 Å². The second-order valence-corrected chi connectivity index (χ2v) is 5.83. The molecule has 2 atom stereocenters. The molecule has 1 aromatic heterocycles. The van der Waals surface area contributed by atoms with Gasteiger partial charge in [0, 0.05) is 12.6 Å². The van der Waals surface area contributed by atoms with Gasteiger partial charge in [0.25, 0.3) is 0 Å². The molecule has 2 saturated heterocycles. The lowest BCUT2D eigenvalue weighted by Crippen LogP contribution is -2.37. The molecule has 2 aliphatic heterocycles. The molecule has 23 heavy (non-hydrogen) atoms. The van der Waals surface area contributed by atoms with Gasteiger partial charge in [-0.25, -0.2) is 0 Å². The van der Waals surface area contributed by atoms with Crippen molar-refractivity contribution in [1.82, 2.24) is 25.1 Å². The van der Waals surface area contributed by atoms with Crippen molar-refractivity contribution < 1.29 is 17.9 Å². The molecule has 2 fully saturated rings. The van der Waals surface area contributed by atoms with E-state index in [0.29, 0.717) is 30.7 Å². The van der Waals surface area contributed by atoms with Crippen molar-refractivity contribution in [3.05, 3.63) is 35.7 Å². The fourth-order valence-electron chi connectivity index (χ4n) is 3.15. The maximum Gasteiger partial charge on any atom is 0.416 e. The highest BCUT2D eigenvalue weighted by molar-refractivity contribution is 5.35. The molecular weight excluding hydrogens is 311 g/mol. The van der Waals surface area contributed by atoms with Crippen LogP contribution in [0.2, 0.25) is 0 Å². The Hall–Kier alpha value is -2.00. The first kappa shape index (κ1) is 14.6. The molecule has 0 radical (unpaired) electrons. The topological polar surface area (TPSA) is 56.1 Å². The zero-order valence-electron chi connectivity index (χ0n) is 12.1. The Balaban J connectivity index is 1.55. The highest BCUT2D eigenvalue weighted by Crippen LogP contribution is 2.30. The fraction of sp³-hybridized carbons (Fsp3) is 0.500. The van der Waals surface area contributed by atoms with Gasteiger partial charge in [0.15, 0.2) is 5.82 Å². The standard InChI is InChI=1S/C14H14F3N5O/c15-14(16,17)9-1-3-10(4-2-9)22-13(18-19-20-22)7-21-6-12-5-11(21)8-23-12/h1-4,11-12H,5-8H2/t11-,12-/m0/s1. The molecule has 6 nitrogen and oxygen atoms in total. The number of tetrazole rings is 1. The number of likely N-dealkylation sites (tertiary alicyclic amines) is 1. The average molecular weight is 325 g/mol. The highest BCUT2D eigenvalue weighted by Gasteiger charge is 2.39. The van der Waals surface area contributed by atoms with Crippen molar-refractivity contribution in [2.24, 2.45) is 0 Å². The zero-order chi connectivity index (χ0) is 16.0. The number of benzene rings is 1. The van der Waals surface area contributed by atoms with Gasteiger partial charge in [0.2, 0.25) is 0 Å². The van der Waals surface area contributed by atoms with Crippen molar-refractivity contribution in [1.29, 1.82) is 0 Å². The van der Waals surface area contributed by atoms with E-state index < -0.39 is 11.7 Å². The Bertz CT molecular complexity index is 699. The van der Waals surface area contributed by atoms with Crippen molar-refractivity contribution >= 4 is 0 Å².